The zero-order valence-corrected chi connectivity index (χ0v) is 11.4. The molecule has 0 aliphatic heterocycles. The number of halogens is 4. The van der Waals surface area contributed by atoms with Gasteiger partial charge in [-0.05, 0) is 36.8 Å². The number of ether oxygens (including phenoxy) is 1. The van der Waals surface area contributed by atoms with Crippen molar-refractivity contribution < 1.29 is 17.9 Å². The first-order valence-corrected chi connectivity index (χ1v) is 6.13. The molecule has 6 heteroatoms. The number of rotatable bonds is 2. The quantitative estimate of drug-likeness (QED) is 0.775. The minimum Gasteiger partial charge on any atom is -0.455 e. The van der Waals surface area contributed by atoms with Gasteiger partial charge in [0.25, 0.3) is 0 Å². The van der Waals surface area contributed by atoms with Crippen LogP contribution in [0.2, 0.25) is 0 Å². The predicted molar refractivity (Wildman–Crippen MR) is 68.2 cm³/mol. The Morgan fingerprint density at radius 1 is 1.21 bits per heavy atom. The Labute approximate surface area is 116 Å². The molecule has 0 N–H and O–H groups in total. The monoisotopic (exact) mass is 331 g/mol. The van der Waals surface area contributed by atoms with Gasteiger partial charge in [-0.15, -0.1) is 0 Å². The molecule has 0 saturated heterocycles. The number of aryl methyl sites for hydroxylation is 1. The Kier molecular flexibility index (Phi) is 3.80. The highest BCUT2D eigenvalue weighted by Gasteiger charge is 2.32. The zero-order valence-electron chi connectivity index (χ0n) is 9.83. The molecule has 0 fully saturated rings. The first-order chi connectivity index (χ1) is 8.86. The second kappa shape index (κ2) is 5.21. The molecule has 2 rings (SSSR count). The van der Waals surface area contributed by atoms with Crippen LogP contribution in [0.3, 0.4) is 0 Å². The lowest BCUT2D eigenvalue weighted by Gasteiger charge is -2.11. The summed E-state index contributed by atoms with van der Waals surface area (Å²) in [6, 6.07) is 7.99. The molecule has 0 atom stereocenters. The average molecular weight is 332 g/mol. The minimum absolute atomic E-state index is 0.297. The van der Waals surface area contributed by atoms with Crippen LogP contribution in [0.25, 0.3) is 0 Å². The van der Waals surface area contributed by atoms with E-state index in [2.05, 4.69) is 20.9 Å². The first-order valence-electron chi connectivity index (χ1n) is 5.33. The van der Waals surface area contributed by atoms with Crippen LogP contribution in [0.5, 0.6) is 11.5 Å². The number of alkyl halides is 3. The molecule has 0 aliphatic rings. The zero-order chi connectivity index (χ0) is 14.0. The molecule has 1 heterocycles. The molecule has 0 spiro atoms. The molecular formula is C13H9BrF3NO. The topological polar surface area (TPSA) is 22.1 Å². The first kappa shape index (κ1) is 13.9. The second-order valence-corrected chi connectivity index (χ2v) is 4.81. The summed E-state index contributed by atoms with van der Waals surface area (Å²) in [5, 5.41) is 0. The number of nitrogens with zero attached hydrogens (tertiary/aromatic N) is 1. The van der Waals surface area contributed by atoms with Crippen LogP contribution in [-0.2, 0) is 6.18 Å². The lowest BCUT2D eigenvalue weighted by atomic mass is 10.2. The summed E-state index contributed by atoms with van der Waals surface area (Å²) in [7, 11) is 0. The van der Waals surface area contributed by atoms with Gasteiger partial charge in [0.05, 0.1) is 6.20 Å². The number of benzene rings is 1. The highest BCUT2D eigenvalue weighted by Crippen LogP contribution is 2.32. The molecule has 100 valence electrons. The number of hydrogen-bond donors (Lipinski definition) is 0. The molecule has 2 nitrogen and oxygen atoms in total. The van der Waals surface area contributed by atoms with Crippen molar-refractivity contribution in [3.05, 3.63) is 52.3 Å². The maximum absolute atomic E-state index is 12.5. The van der Waals surface area contributed by atoms with E-state index in [9.17, 15) is 13.2 Å². The van der Waals surface area contributed by atoms with Gasteiger partial charge in [-0.2, -0.15) is 13.2 Å². The van der Waals surface area contributed by atoms with Gasteiger partial charge in [0.15, 0.2) is 0 Å². The van der Waals surface area contributed by atoms with E-state index in [4.69, 9.17) is 4.74 Å². The van der Waals surface area contributed by atoms with Crippen LogP contribution in [0, 0.1) is 6.92 Å². The van der Waals surface area contributed by atoms with E-state index in [-0.39, 0.29) is 0 Å². The van der Waals surface area contributed by atoms with E-state index in [1.54, 1.807) is 25.1 Å². The Morgan fingerprint density at radius 3 is 2.53 bits per heavy atom. The van der Waals surface area contributed by atoms with E-state index in [0.29, 0.717) is 17.1 Å². The fraction of sp³-hybridized carbons (Fsp3) is 0.154. The Bertz CT molecular complexity index is 599. The van der Waals surface area contributed by atoms with Crippen molar-refractivity contribution in [2.45, 2.75) is 13.1 Å². The van der Waals surface area contributed by atoms with E-state index in [1.807, 2.05) is 6.07 Å². The lowest BCUT2D eigenvalue weighted by molar-refractivity contribution is -0.141. The number of aromatic nitrogens is 1. The third-order valence-electron chi connectivity index (χ3n) is 2.38. The lowest BCUT2D eigenvalue weighted by Crippen LogP contribution is -2.08. The summed E-state index contributed by atoms with van der Waals surface area (Å²) in [5.74, 6) is 0.824. The third kappa shape index (κ3) is 3.47. The molecule has 19 heavy (non-hydrogen) atoms. The standard InChI is InChI=1S/C13H9BrF3NO/c1-8-5-12(13(15,16)17)18-7-11(8)19-10-4-2-3-9(14)6-10/h2-7H,1H3. The minimum atomic E-state index is -4.45. The van der Waals surface area contributed by atoms with Crippen LogP contribution in [0.1, 0.15) is 11.3 Å². The fourth-order valence-corrected chi connectivity index (χ4v) is 1.84. The van der Waals surface area contributed by atoms with Crippen molar-refractivity contribution in [1.82, 2.24) is 4.98 Å². The van der Waals surface area contributed by atoms with Gasteiger partial charge in [0.1, 0.15) is 17.2 Å². The summed E-state index contributed by atoms with van der Waals surface area (Å²) in [6.07, 6.45) is -3.36. The van der Waals surface area contributed by atoms with Crippen molar-refractivity contribution in [3.63, 3.8) is 0 Å². The molecule has 0 saturated carbocycles. The summed E-state index contributed by atoms with van der Waals surface area (Å²) >= 11 is 3.29. The van der Waals surface area contributed by atoms with Gasteiger partial charge >= 0.3 is 6.18 Å². The number of hydrogen-bond acceptors (Lipinski definition) is 2. The molecule has 0 unspecified atom stereocenters. The second-order valence-electron chi connectivity index (χ2n) is 3.89. The highest BCUT2D eigenvalue weighted by atomic mass is 79.9. The van der Waals surface area contributed by atoms with E-state index >= 15 is 0 Å². The summed E-state index contributed by atoms with van der Waals surface area (Å²) in [5.41, 5.74) is -0.547. The maximum atomic E-state index is 12.5. The molecule has 2 aromatic rings. The molecule has 1 aromatic heterocycles. The van der Waals surface area contributed by atoms with Gasteiger partial charge < -0.3 is 4.74 Å². The van der Waals surface area contributed by atoms with Gasteiger partial charge in [-0.25, -0.2) is 4.98 Å². The van der Waals surface area contributed by atoms with Crippen LogP contribution in [-0.4, -0.2) is 4.98 Å². The van der Waals surface area contributed by atoms with Crippen molar-refractivity contribution in [1.29, 1.82) is 0 Å². The van der Waals surface area contributed by atoms with Gasteiger partial charge in [0.2, 0.25) is 0 Å². The fourth-order valence-electron chi connectivity index (χ4n) is 1.46. The predicted octanol–water partition coefficient (Wildman–Crippen LogP) is 4.96. The van der Waals surface area contributed by atoms with E-state index < -0.39 is 11.9 Å². The van der Waals surface area contributed by atoms with Gasteiger partial charge in [-0.3, -0.25) is 0 Å². The summed E-state index contributed by atoms with van der Waals surface area (Å²) in [4.78, 5) is 3.37. The van der Waals surface area contributed by atoms with Crippen LogP contribution in [0.4, 0.5) is 13.2 Å². The summed E-state index contributed by atoms with van der Waals surface area (Å²) < 4.78 is 43.7. The van der Waals surface area contributed by atoms with Crippen molar-refractivity contribution in [2.75, 3.05) is 0 Å². The van der Waals surface area contributed by atoms with Gasteiger partial charge in [0, 0.05) is 4.47 Å². The van der Waals surface area contributed by atoms with E-state index in [0.717, 1.165) is 16.7 Å². The molecular weight excluding hydrogens is 323 g/mol. The smallest absolute Gasteiger partial charge is 0.433 e. The van der Waals surface area contributed by atoms with E-state index in [1.165, 1.54) is 0 Å². The molecule has 0 radical (unpaired) electrons. The summed E-state index contributed by atoms with van der Waals surface area (Å²) in [6.45, 7) is 1.55. The largest absolute Gasteiger partial charge is 0.455 e. The highest BCUT2D eigenvalue weighted by molar-refractivity contribution is 9.10. The Morgan fingerprint density at radius 2 is 1.95 bits per heavy atom. The Balaban J connectivity index is 2.27. The molecule has 0 aliphatic carbocycles. The Hall–Kier alpha value is -1.56. The average Bonchev–Trinajstić information content (AvgIpc) is 2.30. The SMILES string of the molecule is Cc1cc(C(F)(F)F)ncc1Oc1cccc(Br)c1. The van der Waals surface area contributed by atoms with Crippen LogP contribution in [0.15, 0.2) is 41.0 Å². The normalized spacial score (nSPS) is 11.4. The number of pyridine rings is 1. The van der Waals surface area contributed by atoms with Crippen LogP contribution < -0.4 is 4.74 Å². The van der Waals surface area contributed by atoms with Crippen molar-refractivity contribution in [3.8, 4) is 11.5 Å². The molecule has 1 aromatic carbocycles. The molecule has 0 bridgehead atoms. The third-order valence-corrected chi connectivity index (χ3v) is 2.87. The van der Waals surface area contributed by atoms with Crippen molar-refractivity contribution in [2.24, 2.45) is 0 Å². The van der Waals surface area contributed by atoms with Crippen LogP contribution >= 0.6 is 15.9 Å². The molecule has 0 amide bonds. The maximum Gasteiger partial charge on any atom is 0.433 e. The van der Waals surface area contributed by atoms with Crippen molar-refractivity contribution >= 4 is 15.9 Å². The van der Waals surface area contributed by atoms with Gasteiger partial charge in [-0.1, -0.05) is 22.0 Å².